The average Bonchev–Trinajstić information content (AvgIpc) is 3.15. The molecule has 1 fully saturated rings. The fraction of sp³-hybridized carbons (Fsp3) is 0.467. The van der Waals surface area contributed by atoms with E-state index in [0.29, 0.717) is 30.0 Å². The number of benzene rings is 1. The maximum absolute atomic E-state index is 5.89. The van der Waals surface area contributed by atoms with Gasteiger partial charge in [0.2, 0.25) is 11.7 Å². The Morgan fingerprint density at radius 1 is 1.24 bits per heavy atom. The summed E-state index contributed by atoms with van der Waals surface area (Å²) in [6.45, 7) is 3.56. The lowest BCUT2D eigenvalue weighted by Crippen LogP contribution is -2.23. The van der Waals surface area contributed by atoms with E-state index in [1.165, 1.54) is 0 Å². The van der Waals surface area contributed by atoms with E-state index in [1.807, 2.05) is 24.3 Å². The Labute approximate surface area is 122 Å². The topological polar surface area (TPSA) is 69.4 Å². The monoisotopic (exact) mass is 287 g/mol. The molecule has 1 aromatic heterocycles. The molecule has 0 radical (unpaired) electrons. The lowest BCUT2D eigenvalue weighted by molar-refractivity contribution is 0.0832. The van der Waals surface area contributed by atoms with E-state index >= 15 is 0 Å². The highest BCUT2D eigenvalue weighted by atomic mass is 16.6. The van der Waals surface area contributed by atoms with Gasteiger partial charge in [0.1, 0.15) is 6.61 Å². The molecule has 0 spiro atoms. The highest BCUT2D eigenvalue weighted by molar-refractivity contribution is 5.40. The largest absolute Gasteiger partial charge is 0.485 e. The van der Waals surface area contributed by atoms with Gasteiger partial charge in [-0.25, -0.2) is 0 Å². The predicted octanol–water partition coefficient (Wildman–Crippen LogP) is 2.25. The van der Waals surface area contributed by atoms with Crippen molar-refractivity contribution < 1.29 is 14.0 Å². The van der Waals surface area contributed by atoms with Gasteiger partial charge >= 0.3 is 0 Å². The average molecular weight is 287 g/mol. The molecule has 1 saturated heterocycles. The van der Waals surface area contributed by atoms with Crippen molar-refractivity contribution in [2.75, 3.05) is 13.2 Å². The zero-order valence-electron chi connectivity index (χ0n) is 11.8. The fourth-order valence-corrected chi connectivity index (χ4v) is 2.82. The lowest BCUT2D eigenvalue weighted by Gasteiger charge is -2.24. The summed E-state index contributed by atoms with van der Waals surface area (Å²) >= 11 is 0. The molecule has 0 bridgehead atoms. The van der Waals surface area contributed by atoms with Crippen LogP contribution in [0.3, 0.4) is 0 Å². The fourth-order valence-electron chi connectivity index (χ4n) is 2.82. The number of hydrogen-bond donors (Lipinski definition) is 1. The van der Waals surface area contributed by atoms with Gasteiger partial charge in [-0.2, -0.15) is 4.98 Å². The third kappa shape index (κ3) is 2.25. The molecule has 2 aliphatic heterocycles. The van der Waals surface area contributed by atoms with Gasteiger partial charge < -0.3 is 19.3 Å². The first-order chi connectivity index (χ1) is 10.3. The molecular weight excluding hydrogens is 270 g/mol. The molecule has 2 aliphatic rings. The van der Waals surface area contributed by atoms with Gasteiger partial charge in [-0.1, -0.05) is 24.2 Å². The summed E-state index contributed by atoms with van der Waals surface area (Å²) in [4.78, 5) is 4.49. The maximum atomic E-state index is 5.89. The van der Waals surface area contributed by atoms with Gasteiger partial charge in [0.15, 0.2) is 17.6 Å². The van der Waals surface area contributed by atoms with Crippen LogP contribution in [0.25, 0.3) is 0 Å². The van der Waals surface area contributed by atoms with Crippen LogP contribution < -0.4 is 14.8 Å². The van der Waals surface area contributed by atoms with Crippen LogP contribution in [0.4, 0.5) is 0 Å². The maximum Gasteiger partial charge on any atom is 0.244 e. The molecule has 21 heavy (non-hydrogen) atoms. The number of aromatic nitrogens is 2. The lowest BCUT2D eigenvalue weighted by atomic mass is 10.0. The molecule has 0 amide bonds. The Morgan fingerprint density at radius 2 is 2.10 bits per heavy atom. The number of nitrogens with zero attached hydrogens (tertiary/aromatic N) is 2. The summed E-state index contributed by atoms with van der Waals surface area (Å²) in [6, 6.07) is 7.74. The van der Waals surface area contributed by atoms with Gasteiger partial charge in [-0.3, -0.25) is 0 Å². The van der Waals surface area contributed by atoms with Gasteiger partial charge in [-0.05, 0) is 31.0 Å². The quantitative estimate of drug-likeness (QED) is 0.913. The number of ether oxygens (including phenoxy) is 2. The Kier molecular flexibility index (Phi) is 3.03. The molecule has 3 heterocycles. The van der Waals surface area contributed by atoms with Crippen LogP contribution in [0, 0.1) is 5.92 Å². The molecule has 6 heteroatoms. The summed E-state index contributed by atoms with van der Waals surface area (Å²) in [5, 5.41) is 7.45. The molecule has 6 nitrogen and oxygen atoms in total. The second kappa shape index (κ2) is 5.04. The molecule has 3 unspecified atom stereocenters. The Balaban J connectivity index is 1.54. The highest BCUT2D eigenvalue weighted by Crippen LogP contribution is 2.35. The normalized spacial score (nSPS) is 27.8. The van der Waals surface area contributed by atoms with Crippen molar-refractivity contribution in [3.63, 3.8) is 0 Å². The van der Waals surface area contributed by atoms with Crippen molar-refractivity contribution in [3.8, 4) is 11.5 Å². The van der Waals surface area contributed by atoms with Crippen molar-refractivity contribution in [2.45, 2.75) is 25.5 Å². The number of fused-ring (bicyclic) bond motifs is 1. The van der Waals surface area contributed by atoms with Crippen LogP contribution >= 0.6 is 0 Å². The molecule has 2 aromatic rings. The van der Waals surface area contributed by atoms with E-state index < -0.39 is 0 Å². The van der Waals surface area contributed by atoms with E-state index in [-0.39, 0.29) is 12.1 Å². The number of hydrogen-bond acceptors (Lipinski definition) is 6. The summed E-state index contributed by atoms with van der Waals surface area (Å²) in [5.74, 6) is 3.15. The Bertz CT molecular complexity index is 643. The smallest absolute Gasteiger partial charge is 0.244 e. The van der Waals surface area contributed by atoms with Crippen molar-refractivity contribution in [1.29, 1.82) is 0 Å². The van der Waals surface area contributed by atoms with Gasteiger partial charge in [0, 0.05) is 0 Å². The zero-order valence-corrected chi connectivity index (χ0v) is 11.8. The van der Waals surface area contributed by atoms with Crippen LogP contribution in [-0.2, 0) is 0 Å². The van der Waals surface area contributed by atoms with Crippen LogP contribution in [0.5, 0.6) is 11.5 Å². The minimum absolute atomic E-state index is 0.142. The van der Waals surface area contributed by atoms with E-state index in [9.17, 15) is 0 Å². The molecule has 0 aliphatic carbocycles. The van der Waals surface area contributed by atoms with Crippen LogP contribution in [-0.4, -0.2) is 23.3 Å². The summed E-state index contributed by atoms with van der Waals surface area (Å²) in [7, 11) is 0. The first kappa shape index (κ1) is 12.6. The molecule has 4 rings (SSSR count). The van der Waals surface area contributed by atoms with Gasteiger partial charge in [0.25, 0.3) is 0 Å². The van der Waals surface area contributed by atoms with E-state index in [0.717, 1.165) is 18.7 Å². The van der Waals surface area contributed by atoms with Crippen molar-refractivity contribution in [1.82, 2.24) is 15.5 Å². The van der Waals surface area contributed by atoms with E-state index in [4.69, 9.17) is 14.0 Å². The van der Waals surface area contributed by atoms with Gasteiger partial charge in [0.05, 0.1) is 6.04 Å². The van der Waals surface area contributed by atoms with Crippen molar-refractivity contribution >= 4 is 0 Å². The van der Waals surface area contributed by atoms with Crippen molar-refractivity contribution in [3.05, 3.63) is 36.0 Å². The second-order valence-corrected chi connectivity index (χ2v) is 5.55. The first-order valence-electron chi connectivity index (χ1n) is 7.26. The third-order valence-electron chi connectivity index (χ3n) is 4.05. The van der Waals surface area contributed by atoms with Crippen LogP contribution in [0.15, 0.2) is 28.8 Å². The summed E-state index contributed by atoms with van der Waals surface area (Å²) in [6.07, 6.45) is 0.799. The number of rotatable bonds is 2. The zero-order chi connectivity index (χ0) is 14.2. The minimum Gasteiger partial charge on any atom is -0.485 e. The minimum atomic E-state index is -0.325. The molecular formula is C15H17N3O3. The molecule has 3 atom stereocenters. The van der Waals surface area contributed by atoms with Crippen LogP contribution in [0.2, 0.25) is 0 Å². The Hall–Kier alpha value is -2.08. The standard InChI is InChI=1S/C15H17N3O3/c1-9-6-7-16-13(9)15-17-14(18-21-15)12-8-19-10-4-2-3-5-11(10)20-12/h2-5,9,12-13,16H,6-8H2,1H3. The predicted molar refractivity (Wildman–Crippen MR) is 74.1 cm³/mol. The molecule has 110 valence electrons. The van der Waals surface area contributed by atoms with Gasteiger partial charge in [-0.15, -0.1) is 0 Å². The number of nitrogens with one attached hydrogen (secondary N) is 1. The molecule has 1 aromatic carbocycles. The van der Waals surface area contributed by atoms with Crippen LogP contribution in [0.1, 0.15) is 37.2 Å². The summed E-state index contributed by atoms with van der Waals surface area (Å²) in [5.41, 5.74) is 0. The second-order valence-electron chi connectivity index (χ2n) is 5.55. The SMILES string of the molecule is CC1CCNC1c1nc(C2COc3ccccc3O2)no1. The molecule has 1 N–H and O–H groups in total. The number of para-hydroxylation sites is 2. The first-order valence-corrected chi connectivity index (χ1v) is 7.26. The van der Waals surface area contributed by atoms with E-state index in [2.05, 4.69) is 22.4 Å². The Morgan fingerprint density at radius 3 is 2.90 bits per heavy atom. The third-order valence-corrected chi connectivity index (χ3v) is 4.05. The summed E-state index contributed by atoms with van der Waals surface area (Å²) < 4.78 is 17.0. The molecule has 0 saturated carbocycles. The van der Waals surface area contributed by atoms with E-state index in [1.54, 1.807) is 0 Å². The highest BCUT2D eigenvalue weighted by Gasteiger charge is 2.32. The van der Waals surface area contributed by atoms with Crippen molar-refractivity contribution in [2.24, 2.45) is 5.92 Å².